The van der Waals surface area contributed by atoms with Crippen LogP contribution in [-0.4, -0.2) is 23.1 Å². The first kappa shape index (κ1) is 23.7. The van der Waals surface area contributed by atoms with Gasteiger partial charge in [-0.1, -0.05) is 34.6 Å². The normalized spacial score (nSPS) is 50.2. The Morgan fingerprint density at radius 1 is 0.909 bits per heavy atom. The summed E-state index contributed by atoms with van der Waals surface area (Å²) in [5.41, 5.74) is 1.74. The minimum atomic E-state index is -0.652. The molecule has 5 saturated carbocycles. The fraction of sp³-hybridized carbons (Fsp3) is 0.931. The summed E-state index contributed by atoms with van der Waals surface area (Å²) in [6.45, 7) is 13.9. The topological polar surface area (TPSA) is 63.6 Å². The van der Waals surface area contributed by atoms with Gasteiger partial charge in [0.25, 0.3) is 0 Å². The number of esters is 1. The standard InChI is InChI=1S/C29H46O4/c1-18(7-10-24(31)32)20-11-13-27(6)22-9-8-21-25(3,4)23(33-19(2)30)12-14-28(21)17-29(22,28)16-15-26(20,27)5/h18,20-23H,7-17H2,1-6H3,(H,31,32)/t18-,20-,21+,22?,23+,26?,27+,28?,29?/m1/s1. The molecule has 0 heterocycles. The van der Waals surface area contributed by atoms with Gasteiger partial charge in [0, 0.05) is 18.8 Å². The van der Waals surface area contributed by atoms with Gasteiger partial charge in [0.05, 0.1) is 0 Å². The molecule has 4 heteroatoms. The average molecular weight is 459 g/mol. The summed E-state index contributed by atoms with van der Waals surface area (Å²) in [5, 5.41) is 9.24. The van der Waals surface area contributed by atoms with Crippen molar-refractivity contribution >= 4 is 11.9 Å². The van der Waals surface area contributed by atoms with Crippen LogP contribution in [0.3, 0.4) is 0 Å². The van der Waals surface area contributed by atoms with Crippen molar-refractivity contribution in [2.24, 2.45) is 50.7 Å². The molecule has 186 valence electrons. The number of rotatable bonds is 5. The van der Waals surface area contributed by atoms with Gasteiger partial charge in [-0.2, -0.15) is 0 Å². The average Bonchev–Trinajstić information content (AvgIpc) is 3.31. The number of carboxylic acids is 1. The molecule has 0 saturated heterocycles. The van der Waals surface area contributed by atoms with Gasteiger partial charge in [-0.15, -0.1) is 0 Å². The Morgan fingerprint density at radius 2 is 1.58 bits per heavy atom. The summed E-state index contributed by atoms with van der Waals surface area (Å²) in [6, 6.07) is 0. The molecule has 4 nitrogen and oxygen atoms in total. The smallest absolute Gasteiger partial charge is 0.303 e. The predicted octanol–water partition coefficient (Wildman–Crippen LogP) is 6.86. The second-order valence-electron chi connectivity index (χ2n) is 14.0. The van der Waals surface area contributed by atoms with Crippen molar-refractivity contribution in [3.63, 3.8) is 0 Å². The highest BCUT2D eigenvalue weighted by atomic mass is 16.5. The monoisotopic (exact) mass is 458 g/mol. The zero-order valence-corrected chi connectivity index (χ0v) is 21.8. The second kappa shape index (κ2) is 7.23. The Labute approximate surface area is 200 Å². The molecule has 4 unspecified atom stereocenters. The molecule has 5 rings (SSSR count). The highest BCUT2D eigenvalue weighted by Crippen LogP contribution is 2.89. The van der Waals surface area contributed by atoms with Gasteiger partial charge in [0.15, 0.2) is 0 Å². The van der Waals surface area contributed by atoms with E-state index in [1.54, 1.807) is 6.92 Å². The zero-order chi connectivity index (χ0) is 24.0. The first-order valence-electron chi connectivity index (χ1n) is 13.7. The Balaban J connectivity index is 1.41. The molecule has 0 aromatic carbocycles. The van der Waals surface area contributed by atoms with Gasteiger partial charge >= 0.3 is 11.9 Å². The lowest BCUT2D eigenvalue weighted by atomic mass is 9.41. The first-order valence-corrected chi connectivity index (χ1v) is 13.7. The Morgan fingerprint density at radius 3 is 2.24 bits per heavy atom. The highest BCUT2D eigenvalue weighted by molar-refractivity contribution is 5.66. The summed E-state index contributed by atoms with van der Waals surface area (Å²) in [5.74, 6) is 1.84. The largest absolute Gasteiger partial charge is 0.481 e. The van der Waals surface area contributed by atoms with Gasteiger partial charge in [-0.25, -0.2) is 0 Å². The number of hydrogen-bond donors (Lipinski definition) is 1. The van der Waals surface area contributed by atoms with Crippen LogP contribution in [0.5, 0.6) is 0 Å². The van der Waals surface area contributed by atoms with Crippen molar-refractivity contribution in [1.82, 2.24) is 0 Å². The number of carbonyl (C=O) groups excluding carboxylic acids is 1. The van der Waals surface area contributed by atoms with E-state index >= 15 is 0 Å². The molecule has 9 atom stereocenters. The number of carboxylic acid groups (broad SMARTS) is 1. The maximum absolute atomic E-state index is 11.8. The van der Waals surface area contributed by atoms with E-state index in [0.29, 0.717) is 45.8 Å². The maximum atomic E-state index is 11.8. The van der Waals surface area contributed by atoms with Crippen molar-refractivity contribution in [1.29, 1.82) is 0 Å². The van der Waals surface area contributed by atoms with Crippen LogP contribution in [0.2, 0.25) is 0 Å². The number of hydrogen-bond acceptors (Lipinski definition) is 3. The molecule has 5 aliphatic rings. The predicted molar refractivity (Wildman–Crippen MR) is 128 cm³/mol. The molecule has 1 N–H and O–H groups in total. The summed E-state index contributed by atoms with van der Waals surface area (Å²) < 4.78 is 5.86. The molecule has 33 heavy (non-hydrogen) atoms. The van der Waals surface area contributed by atoms with Crippen molar-refractivity contribution in [2.75, 3.05) is 0 Å². The fourth-order valence-electron chi connectivity index (χ4n) is 11.3. The Bertz CT molecular complexity index is 849. The molecular weight excluding hydrogens is 412 g/mol. The number of aliphatic carboxylic acids is 1. The summed E-state index contributed by atoms with van der Waals surface area (Å²) in [7, 11) is 0. The lowest BCUT2D eigenvalue weighted by Crippen LogP contribution is -2.58. The quantitative estimate of drug-likeness (QED) is 0.457. The Hall–Kier alpha value is -1.06. The van der Waals surface area contributed by atoms with E-state index in [1.165, 1.54) is 51.4 Å². The highest BCUT2D eigenvalue weighted by Gasteiger charge is 2.82. The minimum Gasteiger partial charge on any atom is -0.481 e. The summed E-state index contributed by atoms with van der Waals surface area (Å²) in [6.07, 6.45) is 12.7. The van der Waals surface area contributed by atoms with Crippen LogP contribution in [0.4, 0.5) is 0 Å². The molecule has 0 amide bonds. The SMILES string of the molecule is CC(=O)O[C@H]1CCC23CC24CCC2(C)[C@@H]([C@H](C)CCC(=O)O)CC[C@@]2(C)C4CC[C@H]3C1(C)C. The van der Waals surface area contributed by atoms with E-state index in [1.807, 2.05) is 0 Å². The van der Waals surface area contributed by atoms with Crippen LogP contribution in [-0.2, 0) is 14.3 Å². The molecule has 0 aromatic heterocycles. The van der Waals surface area contributed by atoms with Crippen LogP contribution in [0.15, 0.2) is 0 Å². The van der Waals surface area contributed by atoms with Crippen LogP contribution in [0.25, 0.3) is 0 Å². The van der Waals surface area contributed by atoms with Gasteiger partial charge in [0.2, 0.25) is 0 Å². The molecule has 0 aromatic rings. The van der Waals surface area contributed by atoms with Gasteiger partial charge in [0.1, 0.15) is 6.10 Å². The van der Waals surface area contributed by atoms with Crippen LogP contribution >= 0.6 is 0 Å². The van der Waals surface area contributed by atoms with Crippen LogP contribution in [0.1, 0.15) is 112 Å². The van der Waals surface area contributed by atoms with E-state index < -0.39 is 5.97 Å². The van der Waals surface area contributed by atoms with E-state index in [2.05, 4.69) is 34.6 Å². The van der Waals surface area contributed by atoms with Gasteiger partial charge in [-0.05, 0) is 110 Å². The van der Waals surface area contributed by atoms with Crippen LogP contribution in [0, 0.1) is 50.7 Å². The van der Waals surface area contributed by atoms with Crippen molar-refractivity contribution in [2.45, 2.75) is 118 Å². The zero-order valence-electron chi connectivity index (χ0n) is 21.8. The van der Waals surface area contributed by atoms with E-state index in [0.717, 1.165) is 18.8 Å². The lowest BCUT2D eigenvalue weighted by Gasteiger charge is -2.63. The van der Waals surface area contributed by atoms with Gasteiger partial charge in [-0.3, -0.25) is 9.59 Å². The number of carbonyl (C=O) groups is 2. The number of fused-ring (bicyclic) bond motifs is 2. The van der Waals surface area contributed by atoms with Crippen LogP contribution < -0.4 is 0 Å². The molecule has 5 aliphatic carbocycles. The Kier molecular flexibility index (Phi) is 5.19. The molecule has 2 spiro atoms. The molecule has 0 aliphatic heterocycles. The third-order valence-corrected chi connectivity index (χ3v) is 12.9. The third kappa shape index (κ3) is 2.94. The van der Waals surface area contributed by atoms with E-state index in [9.17, 15) is 14.7 Å². The summed E-state index contributed by atoms with van der Waals surface area (Å²) in [4.78, 5) is 23.0. The summed E-state index contributed by atoms with van der Waals surface area (Å²) >= 11 is 0. The fourth-order valence-corrected chi connectivity index (χ4v) is 11.3. The van der Waals surface area contributed by atoms with E-state index in [4.69, 9.17) is 4.74 Å². The third-order valence-electron chi connectivity index (χ3n) is 12.9. The number of ether oxygens (including phenoxy) is 1. The minimum absolute atomic E-state index is 0.0591. The molecule has 0 bridgehead atoms. The molecular formula is C29H46O4. The van der Waals surface area contributed by atoms with Crippen molar-refractivity contribution < 1.29 is 19.4 Å². The van der Waals surface area contributed by atoms with Crippen molar-refractivity contribution in [3.8, 4) is 0 Å². The molecule has 0 radical (unpaired) electrons. The lowest BCUT2D eigenvalue weighted by molar-refractivity contribution is -0.181. The van der Waals surface area contributed by atoms with Crippen molar-refractivity contribution in [3.05, 3.63) is 0 Å². The van der Waals surface area contributed by atoms with E-state index in [-0.39, 0.29) is 17.5 Å². The van der Waals surface area contributed by atoms with Gasteiger partial charge < -0.3 is 9.84 Å². The maximum Gasteiger partial charge on any atom is 0.303 e. The first-order chi connectivity index (χ1) is 15.3. The molecule has 5 fully saturated rings. The second-order valence-corrected chi connectivity index (χ2v) is 14.0.